The van der Waals surface area contributed by atoms with Gasteiger partial charge in [-0.15, -0.1) is 0 Å². The SMILES string of the molecule is COc1cc2c(cc1OC)CN(CC/C=C1\CCCc3c(OCc4ccccc4)cccc31)CC2. The zero-order valence-corrected chi connectivity index (χ0v) is 20.9. The van der Waals surface area contributed by atoms with Crippen molar-refractivity contribution in [2.45, 2.75) is 45.3 Å². The van der Waals surface area contributed by atoms with Crippen LogP contribution in [0.4, 0.5) is 0 Å². The molecule has 0 atom stereocenters. The van der Waals surface area contributed by atoms with Gasteiger partial charge in [-0.25, -0.2) is 0 Å². The van der Waals surface area contributed by atoms with Crippen LogP contribution in [0.25, 0.3) is 5.57 Å². The molecule has 0 fully saturated rings. The zero-order chi connectivity index (χ0) is 24.0. The number of methoxy groups -OCH3 is 2. The minimum atomic E-state index is 0.615. The number of rotatable bonds is 8. The van der Waals surface area contributed by atoms with Crippen LogP contribution in [0, 0.1) is 0 Å². The van der Waals surface area contributed by atoms with E-state index in [9.17, 15) is 0 Å². The van der Waals surface area contributed by atoms with Crippen LogP contribution in [0.5, 0.6) is 17.2 Å². The van der Waals surface area contributed by atoms with E-state index in [1.54, 1.807) is 14.2 Å². The van der Waals surface area contributed by atoms with Crippen molar-refractivity contribution in [3.05, 3.63) is 94.6 Å². The van der Waals surface area contributed by atoms with Crippen LogP contribution in [0.1, 0.15) is 47.1 Å². The molecule has 0 saturated heterocycles. The summed E-state index contributed by atoms with van der Waals surface area (Å²) >= 11 is 0. The monoisotopic (exact) mass is 469 g/mol. The van der Waals surface area contributed by atoms with Crippen molar-refractivity contribution in [3.8, 4) is 17.2 Å². The van der Waals surface area contributed by atoms with Gasteiger partial charge in [-0.05, 0) is 78.1 Å². The zero-order valence-electron chi connectivity index (χ0n) is 20.9. The van der Waals surface area contributed by atoms with Crippen LogP contribution in [0.15, 0.2) is 66.7 Å². The maximum atomic E-state index is 6.25. The van der Waals surface area contributed by atoms with Gasteiger partial charge >= 0.3 is 0 Å². The van der Waals surface area contributed by atoms with E-state index in [4.69, 9.17) is 14.2 Å². The Morgan fingerprint density at radius 2 is 1.63 bits per heavy atom. The van der Waals surface area contributed by atoms with E-state index < -0.39 is 0 Å². The second kappa shape index (κ2) is 11.0. The highest BCUT2D eigenvalue weighted by Crippen LogP contribution is 2.37. The number of allylic oxidation sites excluding steroid dienone is 1. The summed E-state index contributed by atoms with van der Waals surface area (Å²) in [7, 11) is 3.41. The van der Waals surface area contributed by atoms with Gasteiger partial charge in [0.1, 0.15) is 12.4 Å². The number of hydrogen-bond acceptors (Lipinski definition) is 4. The molecule has 0 bridgehead atoms. The molecule has 4 heteroatoms. The second-order valence-electron chi connectivity index (χ2n) is 9.43. The standard InChI is InChI=1S/C31H35NO3/c1-33-30-19-25-16-18-32(21-26(25)20-31(30)34-2)17-8-12-24-11-6-14-28-27(24)13-7-15-29(28)35-22-23-9-4-3-5-10-23/h3-5,7,9-10,12-13,15,19-20H,6,8,11,14,16-18,21-22H2,1-2H3/b24-12+. The minimum absolute atomic E-state index is 0.615. The molecule has 1 heterocycles. The molecule has 0 spiro atoms. The van der Waals surface area contributed by atoms with E-state index in [1.807, 2.05) is 6.07 Å². The first-order chi connectivity index (χ1) is 17.2. The van der Waals surface area contributed by atoms with Gasteiger partial charge in [-0.1, -0.05) is 48.5 Å². The first-order valence-electron chi connectivity index (χ1n) is 12.7. The van der Waals surface area contributed by atoms with E-state index in [2.05, 4.69) is 65.6 Å². The lowest BCUT2D eigenvalue weighted by Gasteiger charge is -2.29. The van der Waals surface area contributed by atoms with Crippen molar-refractivity contribution >= 4 is 5.57 Å². The van der Waals surface area contributed by atoms with Crippen molar-refractivity contribution in [3.63, 3.8) is 0 Å². The Bertz CT molecular complexity index is 1190. The predicted octanol–water partition coefficient (Wildman–Crippen LogP) is 6.45. The van der Waals surface area contributed by atoms with E-state index in [0.717, 1.165) is 62.6 Å². The molecule has 1 aliphatic carbocycles. The Balaban J connectivity index is 1.23. The van der Waals surface area contributed by atoms with E-state index >= 15 is 0 Å². The molecule has 0 radical (unpaired) electrons. The highest BCUT2D eigenvalue weighted by atomic mass is 16.5. The molecule has 1 aliphatic heterocycles. The summed E-state index contributed by atoms with van der Waals surface area (Å²) in [6.45, 7) is 3.73. The van der Waals surface area contributed by atoms with Gasteiger partial charge in [0.25, 0.3) is 0 Å². The van der Waals surface area contributed by atoms with Gasteiger partial charge < -0.3 is 14.2 Å². The Labute approximate surface area is 209 Å². The maximum Gasteiger partial charge on any atom is 0.161 e. The first kappa shape index (κ1) is 23.5. The fraction of sp³-hybridized carbons (Fsp3) is 0.355. The molecule has 0 N–H and O–H groups in total. The fourth-order valence-electron chi connectivity index (χ4n) is 5.35. The molecule has 4 nitrogen and oxygen atoms in total. The molecule has 182 valence electrons. The van der Waals surface area contributed by atoms with Crippen LogP contribution in [0.2, 0.25) is 0 Å². The topological polar surface area (TPSA) is 30.9 Å². The van der Waals surface area contributed by atoms with Crippen LogP contribution in [-0.4, -0.2) is 32.2 Å². The van der Waals surface area contributed by atoms with Gasteiger partial charge in [-0.2, -0.15) is 0 Å². The lowest BCUT2D eigenvalue weighted by atomic mass is 9.86. The number of ether oxygens (including phenoxy) is 3. The lowest BCUT2D eigenvalue weighted by Crippen LogP contribution is -2.31. The molecule has 0 unspecified atom stereocenters. The van der Waals surface area contributed by atoms with Crippen LogP contribution < -0.4 is 14.2 Å². The summed E-state index contributed by atoms with van der Waals surface area (Å²) in [5.41, 5.74) is 8.15. The van der Waals surface area contributed by atoms with Gasteiger partial charge in [0.05, 0.1) is 14.2 Å². The third-order valence-corrected chi connectivity index (χ3v) is 7.22. The van der Waals surface area contributed by atoms with E-state index in [1.165, 1.54) is 39.8 Å². The Morgan fingerprint density at radius 3 is 2.43 bits per heavy atom. The highest BCUT2D eigenvalue weighted by molar-refractivity contribution is 5.72. The van der Waals surface area contributed by atoms with E-state index in [0.29, 0.717) is 6.61 Å². The van der Waals surface area contributed by atoms with Gasteiger partial charge in [0.2, 0.25) is 0 Å². The Morgan fingerprint density at radius 1 is 0.829 bits per heavy atom. The molecule has 35 heavy (non-hydrogen) atoms. The van der Waals surface area contributed by atoms with Crippen molar-refractivity contribution in [1.82, 2.24) is 4.90 Å². The fourth-order valence-corrected chi connectivity index (χ4v) is 5.35. The number of nitrogens with zero attached hydrogens (tertiary/aromatic N) is 1. The maximum absolute atomic E-state index is 6.25. The first-order valence-corrected chi connectivity index (χ1v) is 12.7. The van der Waals surface area contributed by atoms with Crippen LogP contribution in [-0.2, 0) is 26.0 Å². The van der Waals surface area contributed by atoms with Gasteiger partial charge in [0, 0.05) is 25.2 Å². The molecule has 5 rings (SSSR count). The third-order valence-electron chi connectivity index (χ3n) is 7.22. The molecule has 0 saturated carbocycles. The summed E-state index contributed by atoms with van der Waals surface area (Å²) in [5.74, 6) is 2.68. The largest absolute Gasteiger partial charge is 0.493 e. The highest BCUT2D eigenvalue weighted by Gasteiger charge is 2.20. The van der Waals surface area contributed by atoms with Crippen molar-refractivity contribution < 1.29 is 14.2 Å². The molecule has 3 aromatic carbocycles. The smallest absolute Gasteiger partial charge is 0.161 e. The average molecular weight is 470 g/mol. The minimum Gasteiger partial charge on any atom is -0.493 e. The van der Waals surface area contributed by atoms with Crippen LogP contribution in [0.3, 0.4) is 0 Å². The molecule has 0 amide bonds. The quantitative estimate of drug-likeness (QED) is 0.379. The predicted molar refractivity (Wildman–Crippen MR) is 141 cm³/mol. The lowest BCUT2D eigenvalue weighted by molar-refractivity contribution is 0.257. The molecule has 3 aromatic rings. The normalized spacial score (nSPS) is 16.5. The Kier molecular flexibility index (Phi) is 7.39. The number of fused-ring (bicyclic) bond motifs is 2. The molecular formula is C31H35NO3. The summed E-state index contributed by atoms with van der Waals surface area (Å²) in [5, 5.41) is 0. The van der Waals surface area contributed by atoms with Gasteiger partial charge in [-0.3, -0.25) is 4.90 Å². The molecule has 2 aliphatic rings. The number of benzene rings is 3. The van der Waals surface area contributed by atoms with Gasteiger partial charge in [0.15, 0.2) is 11.5 Å². The summed E-state index contributed by atoms with van der Waals surface area (Å²) in [4.78, 5) is 2.55. The molecule has 0 aromatic heterocycles. The summed E-state index contributed by atoms with van der Waals surface area (Å²) in [6, 6.07) is 21.2. The summed E-state index contributed by atoms with van der Waals surface area (Å²) < 4.78 is 17.3. The Hall–Kier alpha value is -3.24. The number of hydrogen-bond donors (Lipinski definition) is 0. The van der Waals surface area contributed by atoms with Crippen molar-refractivity contribution in [1.29, 1.82) is 0 Å². The van der Waals surface area contributed by atoms with Crippen molar-refractivity contribution in [2.75, 3.05) is 27.3 Å². The molecular weight excluding hydrogens is 434 g/mol. The van der Waals surface area contributed by atoms with Crippen molar-refractivity contribution in [2.24, 2.45) is 0 Å². The second-order valence-corrected chi connectivity index (χ2v) is 9.43. The average Bonchev–Trinajstić information content (AvgIpc) is 2.91. The van der Waals surface area contributed by atoms with E-state index in [-0.39, 0.29) is 0 Å². The third kappa shape index (κ3) is 5.38. The summed E-state index contributed by atoms with van der Waals surface area (Å²) in [6.07, 6.45) is 8.00. The van der Waals surface area contributed by atoms with Crippen LogP contribution >= 0.6 is 0 Å².